The summed E-state index contributed by atoms with van der Waals surface area (Å²) >= 11 is 0. The molecule has 0 bridgehead atoms. The van der Waals surface area contributed by atoms with Crippen molar-refractivity contribution in [2.24, 2.45) is 5.92 Å². The maximum Gasteiger partial charge on any atom is 0.0700 e. The van der Waals surface area contributed by atoms with Crippen LogP contribution in [0.2, 0.25) is 0 Å². The highest BCUT2D eigenvalue weighted by atomic mass is 16.5. The average Bonchev–Trinajstić information content (AvgIpc) is 2.42. The lowest BCUT2D eigenvalue weighted by Crippen LogP contribution is -2.50. The Hall–Kier alpha value is -0.120. The van der Waals surface area contributed by atoms with Crippen LogP contribution in [0.5, 0.6) is 0 Å². The maximum atomic E-state index is 5.74. The molecule has 0 aromatic rings. The highest BCUT2D eigenvalue weighted by Crippen LogP contribution is 2.13. The molecule has 1 aliphatic heterocycles. The van der Waals surface area contributed by atoms with Gasteiger partial charge in [0.2, 0.25) is 0 Å². The molecule has 0 spiro atoms. The molecule has 0 radical (unpaired) electrons. The van der Waals surface area contributed by atoms with Gasteiger partial charge in [0, 0.05) is 25.7 Å². The van der Waals surface area contributed by atoms with E-state index < -0.39 is 0 Å². The molecule has 0 amide bonds. The SMILES string of the molecule is CCCNC(CN1CCOC(CC)C1)C(C)CC. The van der Waals surface area contributed by atoms with Crippen molar-refractivity contribution in [1.82, 2.24) is 10.2 Å². The summed E-state index contributed by atoms with van der Waals surface area (Å²) in [7, 11) is 0. The molecule has 1 aliphatic rings. The second-order valence-corrected chi connectivity index (χ2v) is 5.61. The van der Waals surface area contributed by atoms with Gasteiger partial charge < -0.3 is 10.1 Å². The smallest absolute Gasteiger partial charge is 0.0700 e. The Morgan fingerprint density at radius 2 is 2.11 bits per heavy atom. The van der Waals surface area contributed by atoms with E-state index in [1.165, 1.54) is 19.4 Å². The van der Waals surface area contributed by atoms with Gasteiger partial charge in [-0.2, -0.15) is 0 Å². The zero-order valence-electron chi connectivity index (χ0n) is 12.7. The van der Waals surface area contributed by atoms with Crippen LogP contribution in [0.15, 0.2) is 0 Å². The number of hydrogen-bond acceptors (Lipinski definition) is 3. The van der Waals surface area contributed by atoms with Crippen LogP contribution < -0.4 is 5.32 Å². The van der Waals surface area contributed by atoms with Crippen molar-refractivity contribution in [3.05, 3.63) is 0 Å². The fourth-order valence-corrected chi connectivity index (χ4v) is 2.53. The summed E-state index contributed by atoms with van der Waals surface area (Å²) in [5.74, 6) is 0.750. The molecule has 1 saturated heterocycles. The summed E-state index contributed by atoms with van der Waals surface area (Å²) in [6, 6.07) is 0.630. The predicted molar refractivity (Wildman–Crippen MR) is 78.0 cm³/mol. The van der Waals surface area contributed by atoms with E-state index in [9.17, 15) is 0 Å². The molecule has 0 aromatic heterocycles. The van der Waals surface area contributed by atoms with Crippen molar-refractivity contribution in [1.29, 1.82) is 0 Å². The van der Waals surface area contributed by atoms with E-state index in [1.807, 2.05) is 0 Å². The Morgan fingerprint density at radius 1 is 1.33 bits per heavy atom. The maximum absolute atomic E-state index is 5.74. The Kier molecular flexibility index (Phi) is 7.87. The minimum absolute atomic E-state index is 0.447. The van der Waals surface area contributed by atoms with Crippen LogP contribution in [-0.4, -0.2) is 49.8 Å². The topological polar surface area (TPSA) is 24.5 Å². The Labute approximate surface area is 113 Å². The first-order valence-electron chi connectivity index (χ1n) is 7.78. The standard InChI is InChI=1S/C15H32N2O/c1-5-8-16-15(13(4)6-2)12-17-9-10-18-14(7-3)11-17/h13-16H,5-12H2,1-4H3. The Bertz CT molecular complexity index is 211. The highest BCUT2D eigenvalue weighted by Gasteiger charge is 2.23. The monoisotopic (exact) mass is 256 g/mol. The van der Waals surface area contributed by atoms with E-state index in [0.717, 1.165) is 38.6 Å². The third-order valence-electron chi connectivity index (χ3n) is 4.12. The van der Waals surface area contributed by atoms with Crippen LogP contribution in [0.3, 0.4) is 0 Å². The van der Waals surface area contributed by atoms with Crippen LogP contribution in [0.4, 0.5) is 0 Å². The van der Waals surface area contributed by atoms with Gasteiger partial charge in [0.05, 0.1) is 12.7 Å². The number of nitrogens with one attached hydrogen (secondary N) is 1. The molecule has 3 atom stereocenters. The summed E-state index contributed by atoms with van der Waals surface area (Å²) < 4.78 is 5.74. The molecule has 1 rings (SSSR count). The van der Waals surface area contributed by atoms with Gasteiger partial charge in [0.15, 0.2) is 0 Å². The van der Waals surface area contributed by atoms with E-state index in [4.69, 9.17) is 4.74 Å². The second-order valence-electron chi connectivity index (χ2n) is 5.61. The first kappa shape index (κ1) is 15.9. The summed E-state index contributed by atoms with van der Waals surface area (Å²) in [6.45, 7) is 14.5. The third kappa shape index (κ3) is 5.25. The molecule has 1 heterocycles. The van der Waals surface area contributed by atoms with Gasteiger partial charge in [-0.05, 0) is 25.3 Å². The van der Waals surface area contributed by atoms with E-state index in [-0.39, 0.29) is 0 Å². The summed E-state index contributed by atoms with van der Waals surface area (Å²) in [6.07, 6.45) is 4.05. The van der Waals surface area contributed by atoms with Crippen molar-refractivity contribution >= 4 is 0 Å². The first-order valence-corrected chi connectivity index (χ1v) is 7.78. The third-order valence-corrected chi connectivity index (χ3v) is 4.12. The molecule has 1 N–H and O–H groups in total. The molecule has 3 nitrogen and oxygen atoms in total. The summed E-state index contributed by atoms with van der Waals surface area (Å²) in [4.78, 5) is 2.58. The number of hydrogen-bond donors (Lipinski definition) is 1. The fourth-order valence-electron chi connectivity index (χ4n) is 2.53. The van der Waals surface area contributed by atoms with Gasteiger partial charge in [-0.3, -0.25) is 4.90 Å². The van der Waals surface area contributed by atoms with Gasteiger partial charge in [-0.15, -0.1) is 0 Å². The Balaban J connectivity index is 2.43. The Morgan fingerprint density at radius 3 is 2.72 bits per heavy atom. The van der Waals surface area contributed by atoms with Gasteiger partial charge in [0.25, 0.3) is 0 Å². The van der Waals surface area contributed by atoms with Crippen molar-refractivity contribution in [3.8, 4) is 0 Å². The number of nitrogens with zero attached hydrogens (tertiary/aromatic N) is 1. The van der Waals surface area contributed by atoms with Gasteiger partial charge >= 0.3 is 0 Å². The van der Waals surface area contributed by atoms with Crippen LogP contribution in [-0.2, 0) is 4.74 Å². The average molecular weight is 256 g/mol. The van der Waals surface area contributed by atoms with Crippen molar-refractivity contribution in [2.45, 2.75) is 59.1 Å². The molecular formula is C15H32N2O. The summed E-state index contributed by atoms with van der Waals surface area (Å²) in [5, 5.41) is 3.72. The van der Waals surface area contributed by atoms with Crippen LogP contribution >= 0.6 is 0 Å². The normalized spacial score (nSPS) is 25.0. The molecule has 0 saturated carbocycles. The quantitative estimate of drug-likeness (QED) is 0.722. The lowest BCUT2D eigenvalue weighted by molar-refractivity contribution is -0.0337. The fraction of sp³-hybridized carbons (Fsp3) is 1.00. The largest absolute Gasteiger partial charge is 0.376 e. The minimum atomic E-state index is 0.447. The van der Waals surface area contributed by atoms with Crippen LogP contribution in [0.25, 0.3) is 0 Å². The van der Waals surface area contributed by atoms with E-state index >= 15 is 0 Å². The minimum Gasteiger partial charge on any atom is -0.376 e. The lowest BCUT2D eigenvalue weighted by atomic mass is 9.98. The van der Waals surface area contributed by atoms with Crippen LogP contribution in [0, 0.1) is 5.92 Å². The summed E-state index contributed by atoms with van der Waals surface area (Å²) in [5.41, 5.74) is 0. The van der Waals surface area contributed by atoms with Crippen molar-refractivity contribution in [3.63, 3.8) is 0 Å². The molecule has 3 heteroatoms. The zero-order chi connectivity index (χ0) is 13.4. The zero-order valence-corrected chi connectivity index (χ0v) is 12.7. The molecular weight excluding hydrogens is 224 g/mol. The number of rotatable bonds is 8. The predicted octanol–water partition coefficient (Wildman–Crippen LogP) is 2.51. The molecule has 1 fully saturated rings. The van der Waals surface area contributed by atoms with Crippen molar-refractivity contribution in [2.75, 3.05) is 32.8 Å². The molecule has 0 aromatic carbocycles. The first-order chi connectivity index (χ1) is 8.71. The molecule has 18 heavy (non-hydrogen) atoms. The van der Waals surface area contributed by atoms with Gasteiger partial charge in [-0.1, -0.05) is 34.1 Å². The highest BCUT2D eigenvalue weighted by molar-refractivity contribution is 4.80. The van der Waals surface area contributed by atoms with E-state index in [2.05, 4.69) is 37.9 Å². The number of morpholine rings is 1. The van der Waals surface area contributed by atoms with E-state index in [0.29, 0.717) is 12.1 Å². The lowest BCUT2D eigenvalue weighted by Gasteiger charge is -2.36. The van der Waals surface area contributed by atoms with Gasteiger partial charge in [0.1, 0.15) is 0 Å². The van der Waals surface area contributed by atoms with Crippen LogP contribution in [0.1, 0.15) is 47.0 Å². The molecule has 0 aliphatic carbocycles. The second kappa shape index (κ2) is 8.89. The van der Waals surface area contributed by atoms with Gasteiger partial charge in [-0.25, -0.2) is 0 Å². The van der Waals surface area contributed by atoms with Crippen molar-refractivity contribution < 1.29 is 4.74 Å². The molecule has 108 valence electrons. The molecule has 3 unspecified atom stereocenters. The number of ether oxygens (including phenoxy) is 1. The van der Waals surface area contributed by atoms with E-state index in [1.54, 1.807) is 0 Å².